The van der Waals surface area contributed by atoms with Crippen molar-refractivity contribution >= 4 is 29.0 Å². The van der Waals surface area contributed by atoms with Crippen LogP contribution in [0.2, 0.25) is 0 Å². The maximum Gasteiger partial charge on any atom is 0.269 e. The SMILES string of the molecule is O=C1CS[C@@H](c2ccc([N+](=O)[O-])cc2)N1c1ccc(F)cc1. The molecule has 1 aliphatic rings. The lowest BCUT2D eigenvalue weighted by atomic mass is 10.1. The van der Waals surface area contributed by atoms with Crippen molar-refractivity contribution < 1.29 is 14.1 Å². The van der Waals surface area contributed by atoms with E-state index in [-0.39, 0.29) is 22.8 Å². The highest BCUT2D eigenvalue weighted by molar-refractivity contribution is 8.00. The number of amides is 1. The molecule has 0 unspecified atom stereocenters. The van der Waals surface area contributed by atoms with Crippen LogP contribution in [0, 0.1) is 15.9 Å². The molecular formula is C15H11FN2O3S. The van der Waals surface area contributed by atoms with Gasteiger partial charge in [-0.3, -0.25) is 19.8 Å². The average Bonchev–Trinajstić information content (AvgIpc) is 2.90. The fraction of sp³-hybridized carbons (Fsp3) is 0.133. The van der Waals surface area contributed by atoms with Gasteiger partial charge in [0.05, 0.1) is 10.7 Å². The predicted molar refractivity (Wildman–Crippen MR) is 82.2 cm³/mol. The van der Waals surface area contributed by atoms with Crippen LogP contribution in [0.3, 0.4) is 0 Å². The molecule has 0 spiro atoms. The lowest BCUT2D eigenvalue weighted by molar-refractivity contribution is -0.384. The summed E-state index contributed by atoms with van der Waals surface area (Å²) in [4.78, 5) is 24.0. The van der Waals surface area contributed by atoms with Gasteiger partial charge in [0.2, 0.25) is 5.91 Å². The highest BCUT2D eigenvalue weighted by atomic mass is 32.2. The summed E-state index contributed by atoms with van der Waals surface area (Å²) in [6.07, 6.45) is 0. The molecule has 0 N–H and O–H groups in total. The van der Waals surface area contributed by atoms with Crippen LogP contribution in [-0.2, 0) is 4.79 Å². The van der Waals surface area contributed by atoms with Crippen LogP contribution in [0.5, 0.6) is 0 Å². The summed E-state index contributed by atoms with van der Waals surface area (Å²) in [5.41, 5.74) is 1.41. The Bertz CT molecular complexity index is 719. The van der Waals surface area contributed by atoms with Crippen molar-refractivity contribution in [3.8, 4) is 0 Å². The number of carbonyl (C=O) groups excluding carboxylic acids is 1. The molecule has 1 saturated heterocycles. The number of rotatable bonds is 3. The van der Waals surface area contributed by atoms with E-state index in [4.69, 9.17) is 0 Å². The molecule has 0 aliphatic carbocycles. The monoisotopic (exact) mass is 318 g/mol. The fourth-order valence-corrected chi connectivity index (χ4v) is 3.49. The number of anilines is 1. The molecule has 1 amide bonds. The van der Waals surface area contributed by atoms with E-state index in [1.165, 1.54) is 36.0 Å². The molecule has 2 aromatic carbocycles. The number of carbonyl (C=O) groups is 1. The maximum absolute atomic E-state index is 13.0. The van der Waals surface area contributed by atoms with Gasteiger partial charge >= 0.3 is 0 Å². The third-order valence-electron chi connectivity index (χ3n) is 3.36. The van der Waals surface area contributed by atoms with E-state index < -0.39 is 4.92 Å². The second-order valence-electron chi connectivity index (χ2n) is 4.75. The summed E-state index contributed by atoms with van der Waals surface area (Å²) >= 11 is 1.44. The Morgan fingerprint density at radius 3 is 2.36 bits per heavy atom. The number of non-ortho nitro benzene ring substituents is 1. The molecule has 5 nitrogen and oxygen atoms in total. The molecule has 0 aromatic heterocycles. The minimum Gasteiger partial charge on any atom is -0.295 e. The Morgan fingerprint density at radius 2 is 1.77 bits per heavy atom. The zero-order chi connectivity index (χ0) is 15.7. The number of halogens is 1. The molecule has 22 heavy (non-hydrogen) atoms. The zero-order valence-electron chi connectivity index (χ0n) is 11.3. The van der Waals surface area contributed by atoms with Crippen molar-refractivity contribution in [1.82, 2.24) is 0 Å². The van der Waals surface area contributed by atoms with E-state index in [2.05, 4.69) is 0 Å². The number of nitro benzene ring substituents is 1. The van der Waals surface area contributed by atoms with Crippen LogP contribution in [0.25, 0.3) is 0 Å². The van der Waals surface area contributed by atoms with Crippen LogP contribution in [0.1, 0.15) is 10.9 Å². The second-order valence-corrected chi connectivity index (χ2v) is 5.82. The van der Waals surface area contributed by atoms with Crippen molar-refractivity contribution in [2.24, 2.45) is 0 Å². The first kappa shape index (κ1) is 14.5. The van der Waals surface area contributed by atoms with Crippen LogP contribution < -0.4 is 4.90 Å². The largest absolute Gasteiger partial charge is 0.295 e. The molecule has 2 aromatic rings. The van der Waals surface area contributed by atoms with Crippen molar-refractivity contribution in [3.63, 3.8) is 0 Å². The summed E-state index contributed by atoms with van der Waals surface area (Å²) in [6, 6.07) is 11.8. The van der Waals surface area contributed by atoms with Crippen molar-refractivity contribution in [2.45, 2.75) is 5.37 Å². The topological polar surface area (TPSA) is 63.4 Å². The van der Waals surface area contributed by atoms with Gasteiger partial charge in [0.15, 0.2) is 0 Å². The van der Waals surface area contributed by atoms with E-state index in [1.54, 1.807) is 29.2 Å². The van der Waals surface area contributed by atoms with Crippen LogP contribution in [-0.4, -0.2) is 16.6 Å². The molecule has 0 radical (unpaired) electrons. The Kier molecular flexibility index (Phi) is 3.81. The average molecular weight is 318 g/mol. The predicted octanol–water partition coefficient (Wildman–Crippen LogP) is 3.51. The highest BCUT2D eigenvalue weighted by Crippen LogP contribution is 2.41. The molecule has 112 valence electrons. The van der Waals surface area contributed by atoms with Gasteiger partial charge in [0, 0.05) is 17.8 Å². The Hall–Kier alpha value is -2.41. The van der Waals surface area contributed by atoms with Crippen molar-refractivity contribution in [2.75, 3.05) is 10.7 Å². The van der Waals surface area contributed by atoms with Gasteiger partial charge < -0.3 is 0 Å². The Balaban J connectivity index is 1.93. The lowest BCUT2D eigenvalue weighted by Crippen LogP contribution is -2.27. The number of hydrogen-bond acceptors (Lipinski definition) is 4. The molecule has 3 rings (SSSR count). The molecule has 1 aliphatic heterocycles. The standard InChI is InChI=1S/C15H11FN2O3S/c16-11-3-7-12(8-4-11)17-14(19)9-22-15(17)10-1-5-13(6-2-10)18(20)21/h1-8,15H,9H2/t15-/m0/s1. The van der Waals surface area contributed by atoms with E-state index in [9.17, 15) is 19.3 Å². The zero-order valence-corrected chi connectivity index (χ0v) is 12.1. The smallest absolute Gasteiger partial charge is 0.269 e. The molecule has 0 saturated carbocycles. The Labute approximate surface area is 129 Å². The molecule has 1 atom stereocenters. The van der Waals surface area contributed by atoms with Gasteiger partial charge in [-0.1, -0.05) is 0 Å². The summed E-state index contributed by atoms with van der Waals surface area (Å²) in [7, 11) is 0. The van der Waals surface area contributed by atoms with Gasteiger partial charge in [-0.05, 0) is 42.0 Å². The van der Waals surface area contributed by atoms with Crippen LogP contribution in [0.15, 0.2) is 48.5 Å². The van der Waals surface area contributed by atoms with Gasteiger partial charge in [-0.2, -0.15) is 0 Å². The van der Waals surface area contributed by atoms with E-state index in [1.807, 2.05) is 0 Å². The number of benzene rings is 2. The fourth-order valence-electron chi connectivity index (χ4n) is 2.31. The van der Waals surface area contributed by atoms with E-state index in [0.29, 0.717) is 11.4 Å². The Morgan fingerprint density at radius 1 is 1.14 bits per heavy atom. The van der Waals surface area contributed by atoms with Gasteiger partial charge in [-0.25, -0.2) is 4.39 Å². The first-order valence-corrected chi connectivity index (χ1v) is 7.55. The first-order valence-electron chi connectivity index (χ1n) is 6.50. The van der Waals surface area contributed by atoms with Crippen LogP contribution >= 0.6 is 11.8 Å². The first-order chi connectivity index (χ1) is 10.6. The van der Waals surface area contributed by atoms with Gasteiger partial charge in [-0.15, -0.1) is 11.8 Å². The molecular weight excluding hydrogens is 307 g/mol. The number of thioether (sulfide) groups is 1. The third-order valence-corrected chi connectivity index (χ3v) is 4.57. The quantitative estimate of drug-likeness (QED) is 0.642. The number of nitrogens with zero attached hydrogens (tertiary/aromatic N) is 2. The minimum absolute atomic E-state index is 0.00593. The normalized spacial score (nSPS) is 17.8. The molecule has 1 fully saturated rings. The molecule has 0 bridgehead atoms. The van der Waals surface area contributed by atoms with Crippen molar-refractivity contribution in [1.29, 1.82) is 0 Å². The summed E-state index contributed by atoms with van der Waals surface area (Å²) in [6.45, 7) is 0. The molecule has 1 heterocycles. The molecule has 7 heteroatoms. The highest BCUT2D eigenvalue weighted by Gasteiger charge is 2.34. The van der Waals surface area contributed by atoms with Gasteiger partial charge in [0.1, 0.15) is 11.2 Å². The van der Waals surface area contributed by atoms with Crippen LogP contribution in [0.4, 0.5) is 15.8 Å². The summed E-state index contributed by atoms with van der Waals surface area (Å²) in [5, 5.41) is 10.4. The minimum atomic E-state index is -0.464. The number of nitro groups is 1. The summed E-state index contributed by atoms with van der Waals surface area (Å²) in [5.74, 6) is -0.117. The lowest BCUT2D eigenvalue weighted by Gasteiger charge is -2.24. The van der Waals surface area contributed by atoms with E-state index in [0.717, 1.165) is 5.56 Å². The summed E-state index contributed by atoms with van der Waals surface area (Å²) < 4.78 is 13.0. The number of hydrogen-bond donors (Lipinski definition) is 0. The van der Waals surface area contributed by atoms with Gasteiger partial charge in [0.25, 0.3) is 5.69 Å². The second kappa shape index (κ2) is 5.76. The van der Waals surface area contributed by atoms with E-state index >= 15 is 0 Å². The third kappa shape index (κ3) is 2.67. The maximum atomic E-state index is 13.0. The van der Waals surface area contributed by atoms with Crippen molar-refractivity contribution in [3.05, 3.63) is 70.0 Å².